The van der Waals surface area contributed by atoms with Gasteiger partial charge in [0.1, 0.15) is 0 Å². The van der Waals surface area contributed by atoms with Crippen molar-refractivity contribution in [1.82, 2.24) is 10.5 Å². The molecule has 0 unspecified atom stereocenters. The largest absolute Gasteiger partial charge is 0.479 e. The summed E-state index contributed by atoms with van der Waals surface area (Å²) in [6.07, 6.45) is 0.941. The molecule has 0 aliphatic carbocycles. The second-order valence-electron chi connectivity index (χ2n) is 3.67. The summed E-state index contributed by atoms with van der Waals surface area (Å²) < 4.78 is 9.59. The Hall–Kier alpha value is -1.52. The zero-order chi connectivity index (χ0) is 11.3. The van der Waals surface area contributed by atoms with E-state index in [1.54, 1.807) is 0 Å². The lowest BCUT2D eigenvalue weighted by Crippen LogP contribution is -2.24. The van der Waals surface area contributed by atoms with Gasteiger partial charge in [0.15, 0.2) is 0 Å². The minimum Gasteiger partial charge on any atom is -0.479 e. The van der Waals surface area contributed by atoms with Crippen molar-refractivity contribution in [2.24, 2.45) is 5.92 Å². The van der Waals surface area contributed by atoms with Crippen LogP contribution in [0, 0.1) is 5.92 Å². The Morgan fingerprint density at radius 1 is 1.67 bits per heavy atom. The van der Waals surface area contributed by atoms with Crippen LogP contribution in [-0.4, -0.2) is 24.7 Å². The maximum atomic E-state index is 11.5. The van der Waals surface area contributed by atoms with Crippen LogP contribution in [0.3, 0.4) is 0 Å². The van der Waals surface area contributed by atoms with Gasteiger partial charge in [-0.25, -0.2) is 0 Å². The number of carbonyl (C=O) groups excluding carboxylic acids is 1. The first-order valence-corrected chi connectivity index (χ1v) is 4.92. The van der Waals surface area contributed by atoms with Crippen LogP contribution in [0.15, 0.2) is 10.6 Å². The van der Waals surface area contributed by atoms with Gasteiger partial charge in [-0.15, -0.1) is 0 Å². The monoisotopic (exact) mass is 212 g/mol. The van der Waals surface area contributed by atoms with Crippen LogP contribution in [-0.2, 0) is 0 Å². The molecular weight excluding hydrogens is 196 g/mol. The average molecular weight is 212 g/mol. The topological polar surface area (TPSA) is 64.4 Å². The number of carbonyl (C=O) groups is 1. The van der Waals surface area contributed by atoms with E-state index in [1.165, 1.54) is 13.2 Å². The molecular formula is C10H16N2O3. The fraction of sp³-hybridized carbons (Fsp3) is 0.600. The van der Waals surface area contributed by atoms with Crippen molar-refractivity contribution in [3.8, 4) is 5.88 Å². The number of hydrogen-bond donors (Lipinski definition) is 1. The van der Waals surface area contributed by atoms with Crippen LogP contribution >= 0.6 is 0 Å². The third-order valence-corrected chi connectivity index (χ3v) is 1.93. The van der Waals surface area contributed by atoms with E-state index in [9.17, 15) is 4.79 Å². The Morgan fingerprint density at radius 2 is 2.40 bits per heavy atom. The Balaban J connectivity index is 2.40. The molecule has 15 heavy (non-hydrogen) atoms. The smallest absolute Gasteiger partial charge is 0.290 e. The molecule has 84 valence electrons. The molecule has 1 aromatic rings. The Labute approximate surface area is 88.8 Å². The summed E-state index contributed by atoms with van der Waals surface area (Å²) in [4.78, 5) is 11.5. The highest BCUT2D eigenvalue weighted by Crippen LogP contribution is 2.10. The molecule has 0 saturated heterocycles. The Kier molecular flexibility index (Phi) is 4.15. The van der Waals surface area contributed by atoms with Gasteiger partial charge in [-0.1, -0.05) is 13.8 Å². The lowest BCUT2D eigenvalue weighted by atomic mass is 10.1. The molecule has 1 amide bonds. The molecule has 1 aromatic heterocycles. The average Bonchev–Trinajstić information content (AvgIpc) is 2.65. The molecule has 1 rings (SSSR count). The van der Waals surface area contributed by atoms with Crippen LogP contribution in [0.5, 0.6) is 5.88 Å². The first-order valence-electron chi connectivity index (χ1n) is 4.92. The zero-order valence-corrected chi connectivity index (χ0v) is 9.24. The standard InChI is InChI=1S/C10H16N2O3/c1-7(2)4-5-11-10(13)8-6-9(14-3)12-15-8/h6-7H,4-5H2,1-3H3,(H,11,13). The van der Waals surface area contributed by atoms with E-state index in [4.69, 9.17) is 9.26 Å². The van der Waals surface area contributed by atoms with Gasteiger partial charge in [0.25, 0.3) is 11.8 Å². The summed E-state index contributed by atoms with van der Waals surface area (Å²) in [5, 5.41) is 6.28. The Bertz CT molecular complexity index is 320. The molecule has 5 nitrogen and oxygen atoms in total. The van der Waals surface area contributed by atoms with E-state index in [2.05, 4.69) is 24.3 Å². The predicted molar refractivity (Wildman–Crippen MR) is 54.8 cm³/mol. The van der Waals surface area contributed by atoms with Crippen molar-refractivity contribution in [3.05, 3.63) is 11.8 Å². The first-order chi connectivity index (χ1) is 7.13. The van der Waals surface area contributed by atoms with Crippen molar-refractivity contribution in [3.63, 3.8) is 0 Å². The van der Waals surface area contributed by atoms with Gasteiger partial charge in [-0.2, -0.15) is 0 Å². The number of ether oxygens (including phenoxy) is 1. The minimum absolute atomic E-state index is 0.176. The van der Waals surface area contributed by atoms with Crippen molar-refractivity contribution in [1.29, 1.82) is 0 Å². The van der Waals surface area contributed by atoms with Gasteiger partial charge >= 0.3 is 0 Å². The van der Waals surface area contributed by atoms with Crippen molar-refractivity contribution in [2.75, 3.05) is 13.7 Å². The number of aromatic nitrogens is 1. The maximum absolute atomic E-state index is 11.5. The summed E-state index contributed by atoms with van der Waals surface area (Å²) >= 11 is 0. The van der Waals surface area contributed by atoms with E-state index in [0.29, 0.717) is 18.3 Å². The molecule has 0 bridgehead atoms. The fourth-order valence-corrected chi connectivity index (χ4v) is 1.02. The fourth-order valence-electron chi connectivity index (χ4n) is 1.02. The van der Waals surface area contributed by atoms with Gasteiger partial charge in [0, 0.05) is 6.54 Å². The van der Waals surface area contributed by atoms with Crippen molar-refractivity contribution >= 4 is 5.91 Å². The maximum Gasteiger partial charge on any atom is 0.290 e. The molecule has 0 aromatic carbocycles. The second kappa shape index (κ2) is 5.38. The summed E-state index contributed by atoms with van der Waals surface area (Å²) in [5.74, 6) is 0.792. The molecule has 0 saturated carbocycles. The minimum atomic E-state index is -0.258. The van der Waals surface area contributed by atoms with Gasteiger partial charge in [-0.3, -0.25) is 4.79 Å². The van der Waals surface area contributed by atoms with Crippen molar-refractivity contribution in [2.45, 2.75) is 20.3 Å². The quantitative estimate of drug-likeness (QED) is 0.802. The number of methoxy groups -OCH3 is 1. The zero-order valence-electron chi connectivity index (χ0n) is 9.24. The highest BCUT2D eigenvalue weighted by Gasteiger charge is 2.12. The van der Waals surface area contributed by atoms with Crippen molar-refractivity contribution < 1.29 is 14.1 Å². The summed E-state index contributed by atoms with van der Waals surface area (Å²) in [6, 6.07) is 1.46. The summed E-state index contributed by atoms with van der Waals surface area (Å²) in [6.45, 7) is 4.84. The molecule has 0 atom stereocenters. The summed E-state index contributed by atoms with van der Waals surface area (Å²) in [5.41, 5.74) is 0. The highest BCUT2D eigenvalue weighted by atomic mass is 16.5. The molecule has 0 aliphatic rings. The van der Waals surface area contributed by atoms with Gasteiger partial charge < -0.3 is 14.6 Å². The molecule has 5 heteroatoms. The van der Waals surface area contributed by atoms with Crippen LogP contribution < -0.4 is 10.1 Å². The van der Waals surface area contributed by atoms with E-state index >= 15 is 0 Å². The molecule has 0 aliphatic heterocycles. The molecule has 1 heterocycles. The third-order valence-electron chi connectivity index (χ3n) is 1.93. The number of amides is 1. The van der Waals surface area contributed by atoms with Gasteiger partial charge in [0.05, 0.1) is 13.2 Å². The molecule has 1 N–H and O–H groups in total. The third kappa shape index (κ3) is 3.61. The number of nitrogens with zero attached hydrogens (tertiary/aromatic N) is 1. The number of nitrogens with one attached hydrogen (secondary N) is 1. The van der Waals surface area contributed by atoms with Crippen LogP contribution in [0.2, 0.25) is 0 Å². The van der Waals surface area contributed by atoms with Gasteiger partial charge in [0.2, 0.25) is 5.76 Å². The second-order valence-corrected chi connectivity index (χ2v) is 3.67. The summed E-state index contributed by atoms with van der Waals surface area (Å²) in [7, 11) is 1.47. The molecule has 0 fully saturated rings. The number of hydrogen-bond acceptors (Lipinski definition) is 4. The molecule has 0 spiro atoms. The highest BCUT2D eigenvalue weighted by molar-refractivity contribution is 5.91. The lowest BCUT2D eigenvalue weighted by Gasteiger charge is -2.04. The van der Waals surface area contributed by atoms with E-state index in [-0.39, 0.29) is 11.7 Å². The van der Waals surface area contributed by atoms with Gasteiger partial charge in [-0.05, 0) is 17.5 Å². The van der Waals surface area contributed by atoms with E-state index in [1.807, 2.05) is 0 Å². The number of rotatable bonds is 5. The first kappa shape index (κ1) is 11.6. The SMILES string of the molecule is COc1cc(C(=O)NCCC(C)C)on1. The van der Waals surface area contributed by atoms with E-state index in [0.717, 1.165) is 6.42 Å². The van der Waals surface area contributed by atoms with Crippen LogP contribution in [0.25, 0.3) is 0 Å². The Morgan fingerprint density at radius 3 is 2.93 bits per heavy atom. The normalized spacial score (nSPS) is 10.4. The van der Waals surface area contributed by atoms with Crippen LogP contribution in [0.4, 0.5) is 0 Å². The predicted octanol–water partition coefficient (Wildman–Crippen LogP) is 1.46. The van der Waals surface area contributed by atoms with Crippen LogP contribution in [0.1, 0.15) is 30.8 Å². The lowest BCUT2D eigenvalue weighted by molar-refractivity contribution is 0.0915. The molecule has 0 radical (unpaired) electrons. The van der Waals surface area contributed by atoms with E-state index < -0.39 is 0 Å².